The molecule has 2 aromatic carbocycles. The Morgan fingerprint density at radius 3 is 2.22 bits per heavy atom. The fourth-order valence-electron chi connectivity index (χ4n) is 5.06. The van der Waals surface area contributed by atoms with Gasteiger partial charge >= 0.3 is 0 Å². The van der Waals surface area contributed by atoms with E-state index in [9.17, 15) is 9.18 Å². The Labute approximate surface area is 220 Å². The minimum atomic E-state index is -0.267. The van der Waals surface area contributed by atoms with Gasteiger partial charge < -0.3 is 9.80 Å². The predicted octanol–water partition coefficient (Wildman–Crippen LogP) is 5.47. The average molecular weight is 506 g/mol. The van der Waals surface area contributed by atoms with Gasteiger partial charge in [0.1, 0.15) is 11.6 Å². The molecule has 0 N–H and O–H groups in total. The second kappa shape index (κ2) is 11.9. The van der Waals surface area contributed by atoms with Gasteiger partial charge in [0.25, 0.3) is 5.91 Å². The van der Waals surface area contributed by atoms with E-state index in [0.29, 0.717) is 24.7 Å². The highest BCUT2D eigenvalue weighted by molar-refractivity contribution is 5.94. The molecule has 1 aliphatic heterocycles. The van der Waals surface area contributed by atoms with Crippen molar-refractivity contribution >= 4 is 11.7 Å². The molecule has 0 spiro atoms. The SMILES string of the molecule is CCCN(Cc1c(CC)nn(-c2ccc(F)cc2)c1N1CCN(C(C)C)CC1)C(=O)c1ccc(C)cc1. The van der Waals surface area contributed by atoms with Crippen molar-refractivity contribution in [1.29, 1.82) is 0 Å². The Kier molecular flexibility index (Phi) is 8.64. The molecule has 3 aromatic rings. The van der Waals surface area contributed by atoms with E-state index in [1.807, 2.05) is 40.8 Å². The maximum atomic E-state index is 13.8. The highest BCUT2D eigenvalue weighted by atomic mass is 19.1. The Balaban J connectivity index is 1.75. The van der Waals surface area contributed by atoms with Crippen LogP contribution in [0.25, 0.3) is 5.69 Å². The van der Waals surface area contributed by atoms with E-state index in [1.54, 1.807) is 12.1 Å². The van der Waals surface area contributed by atoms with Gasteiger partial charge in [-0.15, -0.1) is 0 Å². The summed E-state index contributed by atoms with van der Waals surface area (Å²) < 4.78 is 15.7. The van der Waals surface area contributed by atoms with Crippen LogP contribution < -0.4 is 4.90 Å². The summed E-state index contributed by atoms with van der Waals surface area (Å²) in [5, 5.41) is 5.02. The second-order valence-electron chi connectivity index (χ2n) is 10.2. The van der Waals surface area contributed by atoms with E-state index in [2.05, 4.69) is 37.5 Å². The normalized spacial score (nSPS) is 14.4. The summed E-state index contributed by atoms with van der Waals surface area (Å²) in [7, 11) is 0. The summed E-state index contributed by atoms with van der Waals surface area (Å²) >= 11 is 0. The number of carbonyl (C=O) groups excluding carboxylic acids is 1. The first-order chi connectivity index (χ1) is 17.8. The second-order valence-corrected chi connectivity index (χ2v) is 10.2. The van der Waals surface area contributed by atoms with Crippen LogP contribution in [0.2, 0.25) is 0 Å². The van der Waals surface area contributed by atoms with Crippen molar-refractivity contribution in [3.05, 3.63) is 76.7 Å². The fraction of sp³-hybridized carbons (Fsp3) is 0.467. The number of benzene rings is 2. The molecule has 7 heteroatoms. The molecular weight excluding hydrogens is 465 g/mol. The van der Waals surface area contributed by atoms with Crippen molar-refractivity contribution in [3.8, 4) is 5.69 Å². The van der Waals surface area contributed by atoms with Crippen LogP contribution in [-0.4, -0.2) is 64.3 Å². The zero-order chi connectivity index (χ0) is 26.5. The third kappa shape index (κ3) is 6.04. The number of anilines is 1. The molecule has 0 bridgehead atoms. The Bertz CT molecular complexity index is 1180. The van der Waals surface area contributed by atoms with Crippen LogP contribution in [-0.2, 0) is 13.0 Å². The molecule has 0 aliphatic carbocycles. The number of rotatable bonds is 9. The largest absolute Gasteiger partial charge is 0.354 e. The summed E-state index contributed by atoms with van der Waals surface area (Å²) in [5.74, 6) is 0.787. The van der Waals surface area contributed by atoms with Crippen LogP contribution in [0.3, 0.4) is 0 Å². The van der Waals surface area contributed by atoms with Gasteiger partial charge in [-0.3, -0.25) is 9.69 Å². The molecule has 4 rings (SSSR count). The first-order valence-electron chi connectivity index (χ1n) is 13.5. The summed E-state index contributed by atoms with van der Waals surface area (Å²) in [6.07, 6.45) is 1.62. The minimum Gasteiger partial charge on any atom is -0.354 e. The van der Waals surface area contributed by atoms with Gasteiger partial charge in [0.15, 0.2) is 0 Å². The van der Waals surface area contributed by atoms with Gasteiger partial charge in [0.05, 0.1) is 17.9 Å². The lowest BCUT2D eigenvalue weighted by Crippen LogP contribution is -2.49. The van der Waals surface area contributed by atoms with Crippen molar-refractivity contribution in [2.75, 3.05) is 37.6 Å². The van der Waals surface area contributed by atoms with Crippen LogP contribution in [0.15, 0.2) is 48.5 Å². The van der Waals surface area contributed by atoms with Gasteiger partial charge in [-0.25, -0.2) is 9.07 Å². The molecule has 1 fully saturated rings. The van der Waals surface area contributed by atoms with Crippen LogP contribution in [0.4, 0.5) is 10.2 Å². The first-order valence-corrected chi connectivity index (χ1v) is 13.5. The quantitative estimate of drug-likeness (QED) is 0.387. The van der Waals surface area contributed by atoms with Crippen molar-refractivity contribution in [2.45, 2.75) is 60.0 Å². The predicted molar refractivity (Wildman–Crippen MR) is 148 cm³/mol. The summed E-state index contributed by atoms with van der Waals surface area (Å²) in [6.45, 7) is 15.5. The number of halogens is 1. The highest BCUT2D eigenvalue weighted by Gasteiger charge is 2.29. The zero-order valence-electron chi connectivity index (χ0n) is 22.9. The lowest BCUT2D eigenvalue weighted by atomic mass is 10.1. The number of hydrogen-bond acceptors (Lipinski definition) is 4. The Hall–Kier alpha value is -3.19. The maximum absolute atomic E-state index is 13.8. The van der Waals surface area contributed by atoms with Gasteiger partial charge in [-0.1, -0.05) is 31.5 Å². The molecule has 1 aliphatic rings. The number of amides is 1. The number of aryl methyl sites for hydroxylation is 2. The molecule has 0 atom stereocenters. The van der Waals surface area contributed by atoms with E-state index < -0.39 is 0 Å². The smallest absolute Gasteiger partial charge is 0.254 e. The van der Waals surface area contributed by atoms with E-state index in [1.165, 1.54) is 12.1 Å². The highest BCUT2D eigenvalue weighted by Crippen LogP contribution is 2.31. The molecule has 6 nitrogen and oxygen atoms in total. The Morgan fingerprint density at radius 2 is 1.65 bits per heavy atom. The number of hydrogen-bond donors (Lipinski definition) is 0. The average Bonchev–Trinajstić information content (AvgIpc) is 3.27. The molecule has 2 heterocycles. The van der Waals surface area contributed by atoms with Crippen LogP contribution in [0, 0.1) is 12.7 Å². The molecular formula is C30H40FN5O. The number of aromatic nitrogens is 2. The van der Waals surface area contributed by atoms with Crippen molar-refractivity contribution in [3.63, 3.8) is 0 Å². The van der Waals surface area contributed by atoms with Crippen molar-refractivity contribution < 1.29 is 9.18 Å². The summed E-state index contributed by atoms with van der Waals surface area (Å²) in [5.41, 5.74) is 4.73. The lowest BCUT2D eigenvalue weighted by Gasteiger charge is -2.38. The molecule has 1 amide bonds. The number of nitrogens with zero attached hydrogens (tertiary/aromatic N) is 5. The van der Waals surface area contributed by atoms with E-state index in [4.69, 9.17) is 5.10 Å². The third-order valence-corrected chi connectivity index (χ3v) is 7.22. The molecule has 1 saturated heterocycles. The number of carbonyl (C=O) groups is 1. The van der Waals surface area contributed by atoms with E-state index in [-0.39, 0.29) is 11.7 Å². The monoisotopic (exact) mass is 505 g/mol. The van der Waals surface area contributed by atoms with Gasteiger partial charge in [0, 0.05) is 49.9 Å². The topological polar surface area (TPSA) is 44.6 Å². The first kappa shape index (κ1) is 26.9. The van der Waals surface area contributed by atoms with Crippen LogP contribution in [0.1, 0.15) is 61.3 Å². The molecule has 0 unspecified atom stereocenters. The van der Waals surface area contributed by atoms with Gasteiger partial charge in [-0.2, -0.15) is 5.10 Å². The van der Waals surface area contributed by atoms with E-state index >= 15 is 0 Å². The van der Waals surface area contributed by atoms with E-state index in [0.717, 1.165) is 67.3 Å². The lowest BCUT2D eigenvalue weighted by molar-refractivity contribution is 0.0743. The molecule has 0 radical (unpaired) electrons. The van der Waals surface area contributed by atoms with Crippen molar-refractivity contribution in [2.24, 2.45) is 0 Å². The van der Waals surface area contributed by atoms with Gasteiger partial charge in [0.2, 0.25) is 0 Å². The molecule has 37 heavy (non-hydrogen) atoms. The van der Waals surface area contributed by atoms with Crippen LogP contribution >= 0.6 is 0 Å². The molecule has 1 aromatic heterocycles. The number of piperazine rings is 1. The standard InChI is InChI=1S/C30H40FN5O/c1-6-16-35(30(37)24-10-8-23(5)9-11-24)21-27-28(7-2)32-36(26-14-12-25(31)13-15-26)29(27)34-19-17-33(18-20-34)22(3)4/h8-15,22H,6-7,16-21H2,1-5H3. The molecule has 198 valence electrons. The zero-order valence-corrected chi connectivity index (χ0v) is 22.9. The van der Waals surface area contributed by atoms with Gasteiger partial charge in [-0.05, 0) is 70.0 Å². The summed E-state index contributed by atoms with van der Waals surface area (Å²) in [6, 6.07) is 14.8. The maximum Gasteiger partial charge on any atom is 0.254 e. The Morgan fingerprint density at radius 1 is 1.00 bits per heavy atom. The van der Waals surface area contributed by atoms with Crippen molar-refractivity contribution in [1.82, 2.24) is 19.6 Å². The summed E-state index contributed by atoms with van der Waals surface area (Å²) in [4.78, 5) is 20.4. The minimum absolute atomic E-state index is 0.0361. The third-order valence-electron chi connectivity index (χ3n) is 7.22. The molecule has 0 saturated carbocycles. The van der Waals surface area contributed by atoms with Crippen LogP contribution in [0.5, 0.6) is 0 Å². The fourth-order valence-corrected chi connectivity index (χ4v) is 5.06.